The summed E-state index contributed by atoms with van der Waals surface area (Å²) >= 11 is 0. The monoisotopic (exact) mass is 1850 g/mol. The molecule has 0 bridgehead atoms. The van der Waals surface area contributed by atoms with Gasteiger partial charge >= 0.3 is 35.8 Å². The van der Waals surface area contributed by atoms with Crippen LogP contribution in [-0.4, -0.2) is 91.3 Å². The minimum Gasteiger partial charge on any atom is -1.00 e. The predicted octanol–water partition coefficient (Wildman–Crippen LogP) is 14.7. The van der Waals surface area contributed by atoms with Gasteiger partial charge in [0, 0.05) is 112 Å². The Labute approximate surface area is 802 Å². The van der Waals surface area contributed by atoms with Gasteiger partial charge in [-0.25, -0.2) is 42.5 Å². The van der Waals surface area contributed by atoms with E-state index in [1.165, 1.54) is 171 Å². The predicted molar refractivity (Wildman–Crippen MR) is 513 cm³/mol. The highest BCUT2D eigenvalue weighted by Crippen LogP contribution is 2.26. The molecule has 0 aliphatic carbocycles. The van der Waals surface area contributed by atoms with Gasteiger partial charge in [0.25, 0.3) is 0 Å². The van der Waals surface area contributed by atoms with Crippen LogP contribution in [0.15, 0.2) is 268 Å². The van der Waals surface area contributed by atoms with Gasteiger partial charge in [0.1, 0.15) is 34.5 Å². The number of carbonyl (C=O) groups is 6. The van der Waals surface area contributed by atoms with E-state index in [0.717, 1.165) is 66.0 Å². The number of pyridine rings is 3. The number of esters is 6. The summed E-state index contributed by atoms with van der Waals surface area (Å²) in [5.41, 5.74) is 10.5. The molecule has 19 nitrogen and oxygen atoms in total. The van der Waals surface area contributed by atoms with Crippen molar-refractivity contribution < 1.29 is 113 Å². The molecule has 0 amide bonds. The van der Waals surface area contributed by atoms with E-state index in [2.05, 4.69) is 105 Å². The SMILES string of the molecule is CCCCCCCCCCCCCCCCOC(=O)c1ccc(OC(=O)c2ccc(OC(=O)c3ccc(C[n+]4ccc(N(C)C)cc4)cc3)cc2)cc1.CCCCCCCCOc1ccc(OC(=O)c2ccc(OC(=O)c3ccc(C[n+]4ccc(N(C)C)cc4)cc3)cc2)cc1.CCCCCCCCc1ccc(OC(=O)c2ccc(C[n+]3ccc(N(C)C)cc3)cc2)cc1.[Cl-].[Cl-].[Cl-]. The van der Waals surface area contributed by atoms with E-state index in [-0.39, 0.29) is 49.2 Å². The van der Waals surface area contributed by atoms with Gasteiger partial charge in [0.15, 0.2) is 56.8 Å². The molecule has 0 radical (unpaired) electrons. The Bertz CT molecular complexity index is 5110. The molecule has 0 saturated carbocycles. The average Bonchev–Trinajstić information content (AvgIpc) is 0.850. The molecular formula is C110H135Cl3N6O13. The maximum absolute atomic E-state index is 12.7. The zero-order chi connectivity index (χ0) is 91.6. The number of carbonyl (C=O) groups excluding carboxylic acids is 6. The van der Waals surface area contributed by atoms with E-state index in [1.807, 2.05) is 133 Å². The molecule has 132 heavy (non-hydrogen) atoms. The van der Waals surface area contributed by atoms with Crippen molar-refractivity contribution in [1.29, 1.82) is 0 Å². The Morgan fingerprint density at radius 2 is 0.432 bits per heavy atom. The van der Waals surface area contributed by atoms with E-state index in [4.69, 9.17) is 33.2 Å². The molecule has 0 aliphatic rings. The number of ether oxygens (including phenoxy) is 7. The van der Waals surface area contributed by atoms with Crippen molar-refractivity contribution in [2.75, 3.05) is 70.2 Å². The Kier molecular flexibility index (Phi) is 50.9. The normalized spacial score (nSPS) is 10.5. The molecule has 11 rings (SSSR count). The highest BCUT2D eigenvalue weighted by Gasteiger charge is 2.19. The first-order chi connectivity index (χ1) is 62.8. The summed E-state index contributed by atoms with van der Waals surface area (Å²) in [5.74, 6) is -0.00688. The van der Waals surface area contributed by atoms with E-state index < -0.39 is 23.9 Å². The third kappa shape index (κ3) is 40.4. The molecule has 3 heterocycles. The van der Waals surface area contributed by atoms with Crippen LogP contribution in [0.5, 0.6) is 34.5 Å². The molecule has 3 aromatic heterocycles. The maximum Gasteiger partial charge on any atom is 0.343 e. The highest BCUT2D eigenvalue weighted by atomic mass is 35.5. The lowest BCUT2D eigenvalue weighted by Gasteiger charge is -2.10. The van der Waals surface area contributed by atoms with E-state index >= 15 is 0 Å². The zero-order valence-electron chi connectivity index (χ0n) is 78.7. The smallest absolute Gasteiger partial charge is 0.343 e. The van der Waals surface area contributed by atoms with Crippen LogP contribution in [0, 0.1) is 0 Å². The van der Waals surface area contributed by atoms with Gasteiger partial charge in [-0.1, -0.05) is 217 Å². The summed E-state index contributed by atoms with van der Waals surface area (Å²) in [5, 5.41) is 0. The van der Waals surface area contributed by atoms with Gasteiger partial charge in [0.05, 0.1) is 46.6 Å². The second-order valence-corrected chi connectivity index (χ2v) is 33.5. The molecule has 0 atom stereocenters. The number of benzene rings is 8. The van der Waals surface area contributed by atoms with Crippen molar-refractivity contribution in [2.45, 2.75) is 214 Å². The van der Waals surface area contributed by atoms with Crippen LogP contribution in [0.1, 0.15) is 272 Å². The molecule has 0 spiro atoms. The van der Waals surface area contributed by atoms with E-state index in [1.54, 1.807) is 109 Å². The van der Waals surface area contributed by atoms with Crippen LogP contribution in [0.3, 0.4) is 0 Å². The molecule has 704 valence electrons. The summed E-state index contributed by atoms with van der Waals surface area (Å²) in [6, 6.07) is 68.4. The van der Waals surface area contributed by atoms with Crippen LogP contribution >= 0.6 is 0 Å². The molecule has 0 saturated heterocycles. The van der Waals surface area contributed by atoms with Crippen LogP contribution in [0.4, 0.5) is 17.1 Å². The lowest BCUT2D eigenvalue weighted by Crippen LogP contribution is -3.00. The lowest BCUT2D eigenvalue weighted by molar-refractivity contribution is -0.688. The third-order valence-electron chi connectivity index (χ3n) is 22.2. The van der Waals surface area contributed by atoms with Gasteiger partial charge in [-0.05, 0) is 177 Å². The lowest BCUT2D eigenvalue weighted by atomic mass is 10.0. The van der Waals surface area contributed by atoms with Crippen LogP contribution in [-0.2, 0) is 30.8 Å². The number of aryl methyl sites for hydroxylation is 1. The largest absolute Gasteiger partial charge is 1.00 e. The topological polar surface area (TPSA) is 188 Å². The number of nitrogens with zero attached hydrogens (tertiary/aromatic N) is 6. The summed E-state index contributed by atoms with van der Waals surface area (Å²) in [6.07, 6.45) is 46.3. The average molecular weight is 1860 g/mol. The number of halogens is 3. The Morgan fingerprint density at radius 3 is 0.697 bits per heavy atom. The van der Waals surface area contributed by atoms with E-state index in [9.17, 15) is 28.8 Å². The molecule has 22 heteroatoms. The fraction of sp³-hybridized carbons (Fsp3) is 0.373. The number of hydrogen-bond acceptors (Lipinski definition) is 16. The minimum absolute atomic E-state index is 0. The van der Waals surface area contributed by atoms with Crippen molar-refractivity contribution in [2.24, 2.45) is 0 Å². The Hall–Kier alpha value is -11.9. The van der Waals surface area contributed by atoms with Crippen LogP contribution in [0.25, 0.3) is 0 Å². The summed E-state index contributed by atoms with van der Waals surface area (Å²) in [6.45, 7) is 9.93. The van der Waals surface area contributed by atoms with Gasteiger partial charge in [-0.3, -0.25) is 0 Å². The number of aromatic nitrogens is 3. The first-order valence-corrected chi connectivity index (χ1v) is 46.4. The van der Waals surface area contributed by atoms with Crippen molar-refractivity contribution in [1.82, 2.24) is 0 Å². The van der Waals surface area contributed by atoms with Gasteiger partial charge < -0.3 is 85.1 Å². The van der Waals surface area contributed by atoms with Crippen LogP contribution in [0.2, 0.25) is 0 Å². The molecule has 0 fully saturated rings. The quantitative estimate of drug-likeness (QED) is 0.0151. The highest BCUT2D eigenvalue weighted by molar-refractivity contribution is 5.95. The molecule has 0 N–H and O–H groups in total. The third-order valence-corrected chi connectivity index (χ3v) is 22.2. The number of anilines is 3. The van der Waals surface area contributed by atoms with Gasteiger partial charge in [-0.15, -0.1) is 0 Å². The molecule has 0 unspecified atom stereocenters. The van der Waals surface area contributed by atoms with E-state index in [0.29, 0.717) is 88.4 Å². The standard InChI is InChI=1S/C45H57N2O6.C36H41N2O5.C29H37N2O2.3ClH/c1-4-5-6-7-8-9-10-11-12-13-14-15-16-17-34-51-43(48)37-22-26-41(27-23-37)53-45(50)39-24-28-42(29-25-39)52-44(49)38-20-18-36(19-21-38)35-47-32-30-40(31-33-47)46(2)3;1-4-5-6-7-8-9-26-41-32-18-20-34(21-19-32)43-36(40)30-14-16-33(17-15-30)42-35(39)29-12-10-28(11-13-29)27-38-24-22-31(23-25-38)37(2)3;1-4-5-6-7-8-9-10-24-13-17-28(18-14-24)33-29(32)26-15-11-25(12-16-26)23-31-21-19-27(20-22-31)30(2)3;;;/h18-33H,4-17,34-35H2,1-3H3;10-25H,4-9,26-27H2,1-3H3;11-22H,4-10,23H2,1-3H3;3*1H/q3*+1;;;/p-3. The molecule has 11 aromatic rings. The Balaban J connectivity index is 0.000000309. The second-order valence-electron chi connectivity index (χ2n) is 33.5. The summed E-state index contributed by atoms with van der Waals surface area (Å²) in [4.78, 5) is 82.0. The Morgan fingerprint density at radius 1 is 0.227 bits per heavy atom. The van der Waals surface area contributed by atoms with Crippen LogP contribution < -0.4 is 94.0 Å². The fourth-order valence-corrected chi connectivity index (χ4v) is 14.3. The number of hydrogen-bond donors (Lipinski definition) is 0. The van der Waals surface area contributed by atoms with Crippen molar-refractivity contribution in [3.63, 3.8) is 0 Å². The van der Waals surface area contributed by atoms with Crippen molar-refractivity contribution >= 4 is 52.9 Å². The van der Waals surface area contributed by atoms with Gasteiger partial charge in [0.2, 0.25) is 0 Å². The molecule has 8 aromatic carbocycles. The maximum atomic E-state index is 12.7. The first-order valence-electron chi connectivity index (χ1n) is 46.4. The number of unbranched alkanes of at least 4 members (excludes halogenated alkanes) is 23. The number of rotatable bonds is 50. The summed E-state index contributed by atoms with van der Waals surface area (Å²) in [7, 11) is 12.1. The van der Waals surface area contributed by atoms with Crippen molar-refractivity contribution in [3.8, 4) is 34.5 Å². The first kappa shape index (κ1) is 109. The summed E-state index contributed by atoms with van der Waals surface area (Å²) < 4.78 is 45.1. The minimum atomic E-state index is -0.569. The molecule has 0 aliphatic heterocycles. The fourth-order valence-electron chi connectivity index (χ4n) is 14.3. The zero-order valence-corrected chi connectivity index (χ0v) is 80.9. The molecular weight excluding hydrogens is 1720 g/mol. The van der Waals surface area contributed by atoms with Crippen molar-refractivity contribution in [3.05, 3.63) is 323 Å². The second kappa shape index (κ2) is 61.7. The van der Waals surface area contributed by atoms with Gasteiger partial charge in [-0.2, -0.15) is 0 Å².